The highest BCUT2D eigenvalue weighted by atomic mass is 31.2. The van der Waals surface area contributed by atoms with Crippen molar-refractivity contribution in [1.29, 1.82) is 0 Å². The molecule has 0 aromatic carbocycles. The predicted molar refractivity (Wildman–Crippen MR) is 367 cm³/mol. The second kappa shape index (κ2) is 62.4. The van der Waals surface area contributed by atoms with Gasteiger partial charge in [-0.2, -0.15) is 0 Å². The summed E-state index contributed by atoms with van der Waals surface area (Å²) in [4.78, 5) is 72.6. The first kappa shape index (κ1) is 88.5. The van der Waals surface area contributed by atoms with E-state index in [4.69, 9.17) is 37.0 Å². The monoisotopic (exact) mass is 1330 g/mol. The number of ether oxygens (including phenoxy) is 4. The van der Waals surface area contributed by atoms with Crippen LogP contribution in [0.3, 0.4) is 0 Å². The SMILES string of the molecule is CCCCCC/C=C\C=C/CCCCCCCC(=O)OC[C@H](COP(=O)(O)OC[C@@H](O)COP(=O)(O)OC[C@@H](COC(=O)CCCCCCCCC(C)C)OC(=O)CCCCCCCCCCCCCCC(C)C)OC(=O)CCCCCCCCCCC(C)CC. The van der Waals surface area contributed by atoms with E-state index in [1.54, 1.807) is 0 Å². The van der Waals surface area contributed by atoms with Crippen LogP contribution in [0, 0.1) is 17.8 Å². The number of hydrogen-bond acceptors (Lipinski definition) is 15. The molecular formula is C72H136O17P2. The summed E-state index contributed by atoms with van der Waals surface area (Å²) in [5.74, 6) is 0.0620. The molecule has 0 saturated carbocycles. The van der Waals surface area contributed by atoms with E-state index in [2.05, 4.69) is 72.8 Å². The van der Waals surface area contributed by atoms with Gasteiger partial charge in [0.05, 0.1) is 26.4 Å². The lowest BCUT2D eigenvalue weighted by molar-refractivity contribution is -0.161. The standard InChI is InChI=1S/C72H136O17P2/c1-8-10-11-12-13-14-15-16-17-18-22-25-31-39-46-53-69(74)82-59-67(89-72(77)56-49-42-33-28-27-30-38-45-52-65(7)9-2)61-86-90(78,79)84-57-66(73)58-85-91(80,81)87-62-68(60-83-70(75)54-47-40-35-34-37-44-51-64(5)6)88-71(76)55-48-41-32-26-23-20-19-21-24-29-36-43-50-63(3)4/h14-17,63-68,73H,8-13,18-62H2,1-7H3,(H,78,79)(H,80,81)/b15-14-,17-16-/t65?,66-,67-,68-/m1/s1. The van der Waals surface area contributed by atoms with E-state index >= 15 is 0 Å². The van der Waals surface area contributed by atoms with Gasteiger partial charge in [-0.15, -0.1) is 0 Å². The van der Waals surface area contributed by atoms with Gasteiger partial charge < -0.3 is 33.8 Å². The van der Waals surface area contributed by atoms with Gasteiger partial charge in [0.2, 0.25) is 0 Å². The Morgan fingerprint density at radius 1 is 0.363 bits per heavy atom. The van der Waals surface area contributed by atoms with Gasteiger partial charge in [-0.1, -0.05) is 285 Å². The maximum absolute atomic E-state index is 13.0. The molecule has 536 valence electrons. The highest BCUT2D eigenvalue weighted by Crippen LogP contribution is 2.45. The van der Waals surface area contributed by atoms with Crippen LogP contribution in [0.1, 0.15) is 337 Å². The number of allylic oxidation sites excluding steroid dienone is 4. The van der Waals surface area contributed by atoms with Crippen LogP contribution in [0.15, 0.2) is 24.3 Å². The minimum absolute atomic E-state index is 0.0976. The topological polar surface area (TPSA) is 237 Å². The van der Waals surface area contributed by atoms with Crippen LogP contribution in [0.25, 0.3) is 0 Å². The number of rotatable bonds is 68. The maximum atomic E-state index is 13.0. The van der Waals surface area contributed by atoms with Gasteiger partial charge in [-0.25, -0.2) is 9.13 Å². The fourth-order valence-corrected chi connectivity index (χ4v) is 11.9. The molecule has 19 heteroatoms. The summed E-state index contributed by atoms with van der Waals surface area (Å²) < 4.78 is 68.3. The molecule has 0 bridgehead atoms. The van der Waals surface area contributed by atoms with Gasteiger partial charge in [0, 0.05) is 25.7 Å². The van der Waals surface area contributed by atoms with Crippen LogP contribution < -0.4 is 0 Å². The quantitative estimate of drug-likeness (QED) is 0.0169. The number of unbranched alkanes of at least 4 members (excludes halogenated alkanes) is 32. The van der Waals surface area contributed by atoms with Crippen molar-refractivity contribution in [3.05, 3.63) is 24.3 Å². The third kappa shape index (κ3) is 64.6. The van der Waals surface area contributed by atoms with E-state index in [-0.39, 0.29) is 25.7 Å². The summed E-state index contributed by atoms with van der Waals surface area (Å²) in [5, 5.41) is 10.6. The lowest BCUT2D eigenvalue weighted by atomic mass is 9.99. The van der Waals surface area contributed by atoms with Crippen LogP contribution in [0.5, 0.6) is 0 Å². The third-order valence-corrected chi connectivity index (χ3v) is 18.3. The first-order valence-corrected chi connectivity index (χ1v) is 39.7. The van der Waals surface area contributed by atoms with Gasteiger partial charge in [-0.05, 0) is 69.1 Å². The highest BCUT2D eigenvalue weighted by molar-refractivity contribution is 7.47. The Hall–Kier alpha value is -2.46. The molecule has 0 radical (unpaired) electrons. The summed E-state index contributed by atoms with van der Waals surface area (Å²) in [7, 11) is -9.92. The van der Waals surface area contributed by atoms with E-state index in [1.807, 2.05) is 0 Å². The molecule has 0 saturated heterocycles. The third-order valence-electron chi connectivity index (χ3n) is 16.4. The van der Waals surface area contributed by atoms with E-state index in [9.17, 15) is 43.2 Å². The zero-order chi connectivity index (χ0) is 67.3. The highest BCUT2D eigenvalue weighted by Gasteiger charge is 2.30. The van der Waals surface area contributed by atoms with E-state index in [0.29, 0.717) is 31.6 Å². The zero-order valence-corrected chi connectivity index (χ0v) is 60.6. The van der Waals surface area contributed by atoms with Crippen LogP contribution in [-0.4, -0.2) is 96.7 Å². The number of esters is 4. The Labute approximate surface area is 554 Å². The summed E-state index contributed by atoms with van der Waals surface area (Å²) in [6.45, 7) is 11.7. The number of aliphatic hydroxyl groups is 1. The lowest BCUT2D eigenvalue weighted by Gasteiger charge is -2.21. The van der Waals surface area contributed by atoms with Crippen molar-refractivity contribution in [3.63, 3.8) is 0 Å². The Morgan fingerprint density at radius 2 is 0.648 bits per heavy atom. The van der Waals surface area contributed by atoms with Crippen molar-refractivity contribution >= 4 is 39.5 Å². The molecule has 0 rings (SSSR count). The number of phosphoric ester groups is 2. The first-order valence-electron chi connectivity index (χ1n) is 36.7. The second-order valence-corrected chi connectivity index (χ2v) is 29.4. The number of carbonyl (C=O) groups is 4. The molecule has 0 aliphatic carbocycles. The van der Waals surface area contributed by atoms with Crippen molar-refractivity contribution < 1.29 is 80.2 Å². The van der Waals surface area contributed by atoms with Crippen molar-refractivity contribution in [3.8, 4) is 0 Å². The Morgan fingerprint density at radius 3 is 0.978 bits per heavy atom. The normalized spacial score (nSPS) is 14.6. The molecule has 0 spiro atoms. The van der Waals surface area contributed by atoms with E-state index < -0.39 is 97.5 Å². The minimum Gasteiger partial charge on any atom is -0.462 e. The largest absolute Gasteiger partial charge is 0.472 e. The fourth-order valence-electron chi connectivity index (χ4n) is 10.3. The van der Waals surface area contributed by atoms with Crippen LogP contribution >= 0.6 is 15.6 Å². The van der Waals surface area contributed by atoms with Gasteiger partial charge in [0.25, 0.3) is 0 Å². The van der Waals surface area contributed by atoms with Gasteiger partial charge in [-0.3, -0.25) is 37.3 Å². The van der Waals surface area contributed by atoms with Gasteiger partial charge in [0.15, 0.2) is 12.2 Å². The molecule has 0 aliphatic rings. The average Bonchev–Trinajstić information content (AvgIpc) is 3.56. The number of hydrogen-bond donors (Lipinski definition) is 3. The predicted octanol–water partition coefficient (Wildman–Crippen LogP) is 20.2. The number of phosphoric acid groups is 2. The Bertz CT molecular complexity index is 1880. The summed E-state index contributed by atoms with van der Waals surface area (Å²) in [6, 6.07) is 0. The minimum atomic E-state index is -4.96. The summed E-state index contributed by atoms with van der Waals surface area (Å²) in [6.07, 6.45) is 49.5. The first-order chi connectivity index (χ1) is 43.8. The summed E-state index contributed by atoms with van der Waals surface area (Å²) >= 11 is 0. The molecule has 0 aliphatic heterocycles. The molecule has 17 nitrogen and oxygen atoms in total. The van der Waals surface area contributed by atoms with Crippen molar-refractivity contribution in [2.45, 2.75) is 356 Å². The molecule has 6 atom stereocenters. The van der Waals surface area contributed by atoms with Crippen molar-refractivity contribution in [1.82, 2.24) is 0 Å². The average molecular weight is 1340 g/mol. The second-order valence-electron chi connectivity index (χ2n) is 26.5. The lowest BCUT2D eigenvalue weighted by Crippen LogP contribution is -2.30. The number of aliphatic hydroxyl groups excluding tert-OH is 1. The fraction of sp³-hybridized carbons (Fsp3) is 0.889. The number of carbonyl (C=O) groups excluding carboxylic acids is 4. The molecule has 0 heterocycles. The molecule has 0 aromatic rings. The Kier molecular flexibility index (Phi) is 60.7. The van der Waals surface area contributed by atoms with E-state index in [0.717, 1.165) is 127 Å². The van der Waals surface area contributed by atoms with Crippen molar-refractivity contribution in [2.24, 2.45) is 17.8 Å². The molecule has 0 amide bonds. The zero-order valence-electron chi connectivity index (χ0n) is 58.8. The van der Waals surface area contributed by atoms with Crippen LogP contribution in [0.4, 0.5) is 0 Å². The molecule has 0 fully saturated rings. The van der Waals surface area contributed by atoms with Gasteiger partial charge >= 0.3 is 39.5 Å². The molecule has 91 heavy (non-hydrogen) atoms. The summed E-state index contributed by atoms with van der Waals surface area (Å²) in [5.41, 5.74) is 0. The van der Waals surface area contributed by atoms with Gasteiger partial charge in [0.1, 0.15) is 19.3 Å². The smallest absolute Gasteiger partial charge is 0.462 e. The Balaban J connectivity index is 5.27. The molecular weight excluding hydrogens is 1200 g/mol. The van der Waals surface area contributed by atoms with Crippen LogP contribution in [0.2, 0.25) is 0 Å². The van der Waals surface area contributed by atoms with Crippen molar-refractivity contribution in [2.75, 3.05) is 39.6 Å². The molecule has 0 aromatic heterocycles. The molecule has 3 N–H and O–H groups in total. The van der Waals surface area contributed by atoms with Crippen LogP contribution in [-0.2, 0) is 65.4 Å². The maximum Gasteiger partial charge on any atom is 0.472 e. The molecule has 3 unspecified atom stereocenters. The van der Waals surface area contributed by atoms with E-state index in [1.165, 1.54) is 122 Å².